The molecule has 0 aliphatic heterocycles. The molecule has 2 aliphatic rings. The Morgan fingerprint density at radius 2 is 1.29 bits per heavy atom. The van der Waals surface area contributed by atoms with Crippen LogP contribution in [0.15, 0.2) is 48.6 Å². The van der Waals surface area contributed by atoms with Crippen LogP contribution in [0.2, 0.25) is 0 Å². The van der Waals surface area contributed by atoms with Crippen LogP contribution in [-0.2, 0) is 0 Å². The maximum Gasteiger partial charge on any atom is 0.108 e. The Bertz CT molecular complexity index is 348. The third kappa shape index (κ3) is 2.71. The second-order valence-corrected chi connectivity index (χ2v) is 6.31. The predicted molar refractivity (Wildman–Crippen MR) is 70.8 cm³/mol. The van der Waals surface area contributed by atoms with E-state index in [9.17, 15) is 8.78 Å². The molecule has 2 aliphatic carbocycles. The molecule has 0 fully saturated rings. The van der Waals surface area contributed by atoms with Gasteiger partial charge in [-0.15, -0.1) is 11.8 Å². The molecule has 0 amide bonds. The van der Waals surface area contributed by atoms with Crippen LogP contribution in [0.5, 0.6) is 0 Å². The van der Waals surface area contributed by atoms with Gasteiger partial charge in [0.25, 0.3) is 0 Å². The zero-order chi connectivity index (χ0) is 12.2. The molecule has 0 bridgehead atoms. The minimum atomic E-state index is -0.601. The van der Waals surface area contributed by atoms with Gasteiger partial charge in [-0.1, -0.05) is 48.6 Å². The average molecular weight is 254 g/mol. The van der Waals surface area contributed by atoms with Crippen LogP contribution in [0.25, 0.3) is 0 Å². The van der Waals surface area contributed by atoms with Gasteiger partial charge in [0.2, 0.25) is 0 Å². The normalized spacial score (nSPS) is 35.4. The first-order valence-corrected chi connectivity index (χ1v) is 6.57. The fourth-order valence-corrected chi connectivity index (χ4v) is 3.67. The third-order valence-corrected chi connectivity index (χ3v) is 4.72. The van der Waals surface area contributed by atoms with Crippen molar-refractivity contribution in [3.05, 3.63) is 48.6 Å². The standard InChI is InChI=1S/C14H16F2S/c15-11-13(7-3-1-4-8-13)17-14(12-16)9-5-2-6-10-14/h1-7,9H,8,10-12H2. The fourth-order valence-electron chi connectivity index (χ4n) is 2.10. The summed E-state index contributed by atoms with van der Waals surface area (Å²) < 4.78 is 25.4. The second-order valence-electron chi connectivity index (χ2n) is 4.48. The first kappa shape index (κ1) is 12.6. The maximum absolute atomic E-state index is 13.3. The van der Waals surface area contributed by atoms with E-state index in [0.29, 0.717) is 12.8 Å². The van der Waals surface area contributed by atoms with E-state index in [2.05, 4.69) is 0 Å². The Morgan fingerprint density at radius 3 is 1.59 bits per heavy atom. The van der Waals surface area contributed by atoms with Crippen LogP contribution in [0.4, 0.5) is 8.78 Å². The zero-order valence-electron chi connectivity index (χ0n) is 9.61. The lowest BCUT2D eigenvalue weighted by atomic mass is 10.0. The molecule has 0 radical (unpaired) electrons. The first-order chi connectivity index (χ1) is 8.24. The molecule has 17 heavy (non-hydrogen) atoms. The largest absolute Gasteiger partial charge is 0.249 e. The van der Waals surface area contributed by atoms with Crippen molar-refractivity contribution >= 4 is 11.8 Å². The summed E-state index contributed by atoms with van der Waals surface area (Å²) in [5, 5.41) is 0. The van der Waals surface area contributed by atoms with Gasteiger partial charge in [-0.3, -0.25) is 0 Å². The van der Waals surface area contributed by atoms with Crippen molar-refractivity contribution in [1.82, 2.24) is 0 Å². The summed E-state index contributed by atoms with van der Waals surface area (Å²) in [6.07, 6.45) is 16.4. The topological polar surface area (TPSA) is 0 Å². The summed E-state index contributed by atoms with van der Waals surface area (Å²) in [5.41, 5.74) is 0. The lowest BCUT2D eigenvalue weighted by molar-refractivity contribution is 0.415. The Balaban J connectivity index is 2.17. The smallest absolute Gasteiger partial charge is 0.108 e. The maximum atomic E-state index is 13.3. The number of allylic oxidation sites excluding steroid dienone is 6. The van der Waals surface area contributed by atoms with Crippen molar-refractivity contribution in [3.63, 3.8) is 0 Å². The molecule has 0 N–H and O–H groups in total. The molecule has 0 aromatic heterocycles. The molecule has 2 rings (SSSR count). The molecule has 0 aromatic rings. The van der Waals surface area contributed by atoms with Crippen molar-refractivity contribution in [2.75, 3.05) is 13.3 Å². The molecule has 3 heteroatoms. The van der Waals surface area contributed by atoms with Gasteiger partial charge < -0.3 is 0 Å². The Hall–Kier alpha value is -0.830. The molecule has 2 atom stereocenters. The molecule has 0 saturated carbocycles. The Morgan fingerprint density at radius 1 is 0.824 bits per heavy atom. The fraction of sp³-hybridized carbons (Fsp3) is 0.429. The van der Waals surface area contributed by atoms with E-state index in [0.717, 1.165) is 0 Å². The Labute approximate surface area is 105 Å². The van der Waals surface area contributed by atoms with Gasteiger partial charge in [0.05, 0.1) is 9.49 Å². The van der Waals surface area contributed by atoms with Crippen LogP contribution < -0.4 is 0 Å². The highest BCUT2D eigenvalue weighted by molar-refractivity contribution is 8.02. The molecule has 0 saturated heterocycles. The number of hydrogen-bond donors (Lipinski definition) is 0. The summed E-state index contributed by atoms with van der Waals surface area (Å²) in [5.74, 6) is 0. The van der Waals surface area contributed by atoms with Gasteiger partial charge >= 0.3 is 0 Å². The number of hydrogen-bond acceptors (Lipinski definition) is 1. The van der Waals surface area contributed by atoms with E-state index >= 15 is 0 Å². The van der Waals surface area contributed by atoms with Crippen molar-refractivity contribution in [2.24, 2.45) is 0 Å². The van der Waals surface area contributed by atoms with E-state index < -0.39 is 22.8 Å². The molecule has 92 valence electrons. The van der Waals surface area contributed by atoms with Crippen LogP contribution in [0, 0.1) is 0 Å². The molecule has 0 aromatic carbocycles. The molecular formula is C14H16F2S. The van der Waals surface area contributed by atoms with Gasteiger partial charge in [-0.25, -0.2) is 8.78 Å². The van der Waals surface area contributed by atoms with Crippen molar-refractivity contribution in [1.29, 1.82) is 0 Å². The third-order valence-electron chi connectivity index (χ3n) is 3.08. The number of thioether (sulfide) groups is 1. The van der Waals surface area contributed by atoms with Crippen molar-refractivity contribution in [2.45, 2.75) is 22.3 Å². The van der Waals surface area contributed by atoms with E-state index in [-0.39, 0.29) is 0 Å². The lowest BCUT2D eigenvalue weighted by Crippen LogP contribution is -2.36. The van der Waals surface area contributed by atoms with Gasteiger partial charge in [0.1, 0.15) is 13.3 Å². The van der Waals surface area contributed by atoms with Gasteiger partial charge in [0.15, 0.2) is 0 Å². The molecular weight excluding hydrogens is 238 g/mol. The number of halogens is 2. The van der Waals surface area contributed by atoms with E-state index in [1.807, 2.05) is 48.6 Å². The summed E-state index contributed by atoms with van der Waals surface area (Å²) in [4.78, 5) is 0. The Kier molecular flexibility index (Phi) is 3.87. The molecule has 2 unspecified atom stereocenters. The summed E-state index contributed by atoms with van der Waals surface area (Å²) in [7, 11) is 0. The highest BCUT2D eigenvalue weighted by Gasteiger charge is 2.39. The van der Waals surface area contributed by atoms with Crippen molar-refractivity contribution in [3.8, 4) is 0 Å². The van der Waals surface area contributed by atoms with Crippen molar-refractivity contribution < 1.29 is 8.78 Å². The highest BCUT2D eigenvalue weighted by atomic mass is 32.2. The monoisotopic (exact) mass is 254 g/mol. The summed E-state index contributed by atoms with van der Waals surface area (Å²) in [6, 6.07) is 0. The highest BCUT2D eigenvalue weighted by Crippen LogP contribution is 2.46. The predicted octanol–water partition coefficient (Wildman–Crippen LogP) is 4.17. The number of alkyl halides is 2. The molecule has 0 nitrogen and oxygen atoms in total. The van der Waals surface area contributed by atoms with Crippen LogP contribution in [-0.4, -0.2) is 22.8 Å². The van der Waals surface area contributed by atoms with Crippen LogP contribution in [0.3, 0.4) is 0 Å². The number of rotatable bonds is 4. The van der Waals surface area contributed by atoms with Crippen LogP contribution >= 0.6 is 11.8 Å². The summed E-state index contributed by atoms with van der Waals surface area (Å²) in [6.45, 7) is -0.921. The van der Waals surface area contributed by atoms with Gasteiger partial charge in [-0.05, 0) is 12.8 Å². The minimum absolute atomic E-state index is 0.461. The van der Waals surface area contributed by atoms with Crippen LogP contribution in [0.1, 0.15) is 12.8 Å². The molecule has 0 spiro atoms. The summed E-state index contributed by atoms with van der Waals surface area (Å²) >= 11 is 1.41. The van der Waals surface area contributed by atoms with Gasteiger partial charge in [0, 0.05) is 0 Å². The second kappa shape index (κ2) is 5.21. The van der Waals surface area contributed by atoms with E-state index in [4.69, 9.17) is 0 Å². The zero-order valence-corrected chi connectivity index (χ0v) is 10.4. The van der Waals surface area contributed by atoms with Gasteiger partial charge in [-0.2, -0.15) is 0 Å². The SMILES string of the molecule is FCC1(SC2(CF)C=CC=CC2)C=CC=CC1. The quantitative estimate of drug-likeness (QED) is 0.725. The first-order valence-electron chi connectivity index (χ1n) is 5.75. The minimum Gasteiger partial charge on any atom is -0.249 e. The average Bonchev–Trinajstić information content (AvgIpc) is 2.41. The van der Waals surface area contributed by atoms with E-state index in [1.54, 1.807) is 0 Å². The molecule has 0 heterocycles. The van der Waals surface area contributed by atoms with E-state index in [1.165, 1.54) is 11.8 Å². The lowest BCUT2D eigenvalue weighted by Gasteiger charge is -2.38.